The van der Waals surface area contributed by atoms with Crippen LogP contribution in [-0.4, -0.2) is 56.3 Å². The predicted octanol–water partition coefficient (Wildman–Crippen LogP) is 5.04. The number of carbonyl (C=O) groups excluding carboxylic acids is 1. The monoisotopic (exact) mass is 522 g/mol. The molecule has 2 aliphatic rings. The Hall–Kier alpha value is -2.16. The smallest absolute Gasteiger partial charge is 0.243 e. The Morgan fingerprint density at radius 1 is 1.06 bits per heavy atom. The van der Waals surface area contributed by atoms with Crippen LogP contribution < -0.4 is 4.74 Å². The van der Waals surface area contributed by atoms with Crippen molar-refractivity contribution >= 4 is 27.5 Å². The highest BCUT2D eigenvalue weighted by molar-refractivity contribution is 7.89. The zero-order valence-corrected chi connectivity index (χ0v) is 21.6. The van der Waals surface area contributed by atoms with Gasteiger partial charge in [-0.3, -0.25) is 4.79 Å². The summed E-state index contributed by atoms with van der Waals surface area (Å²) in [6.07, 6.45) is 4.60. The van der Waals surface area contributed by atoms with Gasteiger partial charge in [0.2, 0.25) is 15.9 Å². The van der Waals surface area contributed by atoms with Crippen LogP contribution in [-0.2, 0) is 14.8 Å². The predicted molar refractivity (Wildman–Crippen MR) is 134 cm³/mol. The van der Waals surface area contributed by atoms with Gasteiger partial charge in [-0.25, -0.2) is 12.8 Å². The first kappa shape index (κ1) is 25.9. The fourth-order valence-electron chi connectivity index (χ4n) is 5.07. The fraction of sp³-hybridized carbons (Fsp3) is 0.500. The molecule has 2 aromatic rings. The maximum atomic E-state index is 13.6. The van der Waals surface area contributed by atoms with Gasteiger partial charge < -0.3 is 9.64 Å². The summed E-state index contributed by atoms with van der Waals surface area (Å²) in [7, 11) is -3.86. The molecule has 2 saturated heterocycles. The number of hydrogen-bond donors (Lipinski definition) is 0. The Labute approximate surface area is 212 Å². The Bertz CT molecular complexity index is 1150. The first-order valence-electron chi connectivity index (χ1n) is 12.1. The van der Waals surface area contributed by atoms with Crippen molar-refractivity contribution in [2.45, 2.75) is 50.3 Å². The number of rotatable bonds is 7. The number of aryl methyl sites for hydroxylation is 1. The summed E-state index contributed by atoms with van der Waals surface area (Å²) >= 11 is 5.99. The summed E-state index contributed by atoms with van der Waals surface area (Å²) in [6, 6.07) is 10.7. The van der Waals surface area contributed by atoms with E-state index in [0.29, 0.717) is 35.7 Å². The Morgan fingerprint density at radius 2 is 1.77 bits per heavy atom. The van der Waals surface area contributed by atoms with Gasteiger partial charge in [-0.05, 0) is 87.1 Å². The van der Waals surface area contributed by atoms with Crippen LogP contribution in [0.5, 0.6) is 5.75 Å². The average Bonchev–Trinajstić information content (AvgIpc) is 2.84. The molecule has 190 valence electrons. The first-order chi connectivity index (χ1) is 16.7. The van der Waals surface area contributed by atoms with Gasteiger partial charge in [-0.1, -0.05) is 11.6 Å². The Morgan fingerprint density at radius 3 is 2.46 bits per heavy atom. The maximum absolute atomic E-state index is 13.6. The summed E-state index contributed by atoms with van der Waals surface area (Å²) in [5.41, 5.74) is -0.309. The van der Waals surface area contributed by atoms with Gasteiger partial charge >= 0.3 is 0 Å². The summed E-state index contributed by atoms with van der Waals surface area (Å²) in [4.78, 5) is 15.3. The van der Waals surface area contributed by atoms with E-state index in [0.717, 1.165) is 32.4 Å². The molecule has 0 spiro atoms. The van der Waals surface area contributed by atoms with Gasteiger partial charge in [0.15, 0.2) is 0 Å². The van der Waals surface area contributed by atoms with Crippen molar-refractivity contribution < 1.29 is 22.3 Å². The molecule has 1 amide bonds. The molecule has 2 aromatic carbocycles. The molecule has 0 bridgehead atoms. The highest BCUT2D eigenvalue weighted by atomic mass is 35.5. The maximum Gasteiger partial charge on any atom is 0.243 e. The highest BCUT2D eigenvalue weighted by Gasteiger charge is 2.43. The van der Waals surface area contributed by atoms with E-state index in [9.17, 15) is 17.6 Å². The summed E-state index contributed by atoms with van der Waals surface area (Å²) in [6.45, 7) is 3.80. The zero-order valence-electron chi connectivity index (χ0n) is 20.0. The lowest BCUT2D eigenvalue weighted by atomic mass is 9.78. The molecule has 2 fully saturated rings. The second-order valence-electron chi connectivity index (χ2n) is 9.71. The lowest BCUT2D eigenvalue weighted by molar-refractivity contribution is -0.136. The largest absolute Gasteiger partial charge is 0.493 e. The van der Waals surface area contributed by atoms with E-state index < -0.39 is 21.3 Å². The van der Waals surface area contributed by atoms with Gasteiger partial charge in [0, 0.05) is 43.0 Å². The van der Waals surface area contributed by atoms with Crippen LogP contribution in [0.2, 0.25) is 5.02 Å². The van der Waals surface area contributed by atoms with E-state index >= 15 is 0 Å². The van der Waals surface area contributed by atoms with Crippen molar-refractivity contribution in [3.8, 4) is 5.75 Å². The molecule has 0 aliphatic carbocycles. The summed E-state index contributed by atoms with van der Waals surface area (Å²) in [5, 5.41) is 0.594. The van der Waals surface area contributed by atoms with Gasteiger partial charge in [0.1, 0.15) is 11.6 Å². The van der Waals surface area contributed by atoms with Crippen LogP contribution >= 0.6 is 11.6 Å². The van der Waals surface area contributed by atoms with Crippen molar-refractivity contribution in [1.82, 2.24) is 9.21 Å². The molecule has 1 unspecified atom stereocenters. The SMILES string of the molecule is Cc1cc(F)ccc1S(=O)(=O)N1CCCC(COc2ccc(Cl)cc2)(CC(=O)N2CCCCC2)C1. The second-order valence-corrected chi connectivity index (χ2v) is 12.1. The molecule has 6 nitrogen and oxygen atoms in total. The number of likely N-dealkylation sites (tertiary alicyclic amines) is 1. The second kappa shape index (κ2) is 10.8. The quantitative estimate of drug-likeness (QED) is 0.511. The van der Waals surface area contributed by atoms with Crippen LogP contribution in [0.4, 0.5) is 4.39 Å². The Kier molecular flexibility index (Phi) is 8.03. The van der Waals surface area contributed by atoms with Crippen LogP contribution in [0.25, 0.3) is 0 Å². The fourth-order valence-corrected chi connectivity index (χ4v) is 6.99. The lowest BCUT2D eigenvalue weighted by Crippen LogP contribution is -2.51. The zero-order chi connectivity index (χ0) is 25.1. The van der Waals surface area contributed by atoms with E-state index in [1.165, 1.54) is 22.5 Å². The number of benzene rings is 2. The van der Waals surface area contributed by atoms with Crippen LogP contribution in [0, 0.1) is 18.2 Å². The number of amides is 1. The number of hydrogen-bond acceptors (Lipinski definition) is 4. The molecule has 0 N–H and O–H groups in total. The molecule has 4 rings (SSSR count). The molecule has 0 saturated carbocycles. The third kappa shape index (κ3) is 6.16. The molecule has 0 aromatic heterocycles. The standard InChI is InChI=1S/C26H32ClFN2O4S/c1-20-16-22(28)8-11-24(20)35(32,33)30-15-5-12-26(18-30,17-25(31)29-13-3-2-4-14-29)19-34-23-9-6-21(27)7-10-23/h6-11,16H,2-5,12-15,17-19H2,1H3. The van der Waals surface area contributed by atoms with Crippen molar-refractivity contribution in [2.75, 3.05) is 32.8 Å². The normalized spacial score (nSPS) is 21.6. The van der Waals surface area contributed by atoms with Crippen LogP contribution in [0.3, 0.4) is 0 Å². The minimum absolute atomic E-state index is 0.0432. The molecular weight excluding hydrogens is 491 g/mol. The number of nitrogens with zero attached hydrogens (tertiary/aromatic N) is 2. The third-order valence-corrected chi connectivity index (χ3v) is 9.23. The molecule has 9 heteroatoms. The van der Waals surface area contributed by atoms with Crippen molar-refractivity contribution in [1.29, 1.82) is 0 Å². The minimum Gasteiger partial charge on any atom is -0.493 e. The van der Waals surface area contributed by atoms with E-state index in [1.807, 2.05) is 4.90 Å². The van der Waals surface area contributed by atoms with E-state index in [4.69, 9.17) is 16.3 Å². The topological polar surface area (TPSA) is 66.9 Å². The third-order valence-electron chi connectivity index (χ3n) is 6.97. The summed E-state index contributed by atoms with van der Waals surface area (Å²) in [5.74, 6) is 0.188. The number of ether oxygens (including phenoxy) is 1. The van der Waals surface area contributed by atoms with E-state index in [-0.39, 0.29) is 30.4 Å². The van der Waals surface area contributed by atoms with E-state index in [1.54, 1.807) is 31.2 Å². The lowest BCUT2D eigenvalue weighted by Gasteiger charge is -2.42. The van der Waals surface area contributed by atoms with Gasteiger partial charge in [0.25, 0.3) is 0 Å². The van der Waals surface area contributed by atoms with Gasteiger partial charge in [0.05, 0.1) is 11.5 Å². The average molecular weight is 523 g/mol. The molecular formula is C26H32ClFN2O4S. The molecule has 2 heterocycles. The molecule has 1 atom stereocenters. The van der Waals surface area contributed by atoms with Crippen LogP contribution in [0.1, 0.15) is 44.1 Å². The summed E-state index contributed by atoms with van der Waals surface area (Å²) < 4.78 is 48.3. The minimum atomic E-state index is -3.86. The first-order valence-corrected chi connectivity index (χ1v) is 13.9. The van der Waals surface area contributed by atoms with Crippen molar-refractivity contribution in [3.63, 3.8) is 0 Å². The molecule has 35 heavy (non-hydrogen) atoms. The number of sulfonamides is 1. The molecule has 2 aliphatic heterocycles. The van der Waals surface area contributed by atoms with E-state index in [2.05, 4.69) is 0 Å². The number of carbonyl (C=O) groups is 1. The van der Waals surface area contributed by atoms with Crippen LogP contribution in [0.15, 0.2) is 47.4 Å². The number of piperidine rings is 2. The Balaban J connectivity index is 1.59. The van der Waals surface area contributed by atoms with Gasteiger partial charge in [-0.2, -0.15) is 4.31 Å². The molecule has 0 radical (unpaired) electrons. The highest BCUT2D eigenvalue weighted by Crippen LogP contribution is 2.38. The number of halogens is 2. The van der Waals surface area contributed by atoms with Gasteiger partial charge in [-0.15, -0.1) is 0 Å². The van der Waals surface area contributed by atoms with Crippen molar-refractivity contribution in [2.24, 2.45) is 5.41 Å². The van der Waals surface area contributed by atoms with Crippen molar-refractivity contribution in [3.05, 3.63) is 58.9 Å².